The molecule has 1 saturated heterocycles. The van der Waals surface area contributed by atoms with Crippen molar-refractivity contribution in [1.82, 2.24) is 10.1 Å². The van der Waals surface area contributed by atoms with Crippen LogP contribution in [0.15, 0.2) is 10.6 Å². The van der Waals surface area contributed by atoms with Gasteiger partial charge in [-0.15, -0.1) is 0 Å². The average Bonchev–Trinajstić information content (AvgIpc) is 2.64. The molecule has 0 radical (unpaired) electrons. The normalized spacial score (nSPS) is 25.8. The Hall–Kier alpha value is -1.32. The molecule has 0 spiro atoms. The van der Waals surface area contributed by atoms with E-state index in [2.05, 4.69) is 19.0 Å². The van der Waals surface area contributed by atoms with Crippen molar-refractivity contribution in [2.75, 3.05) is 0 Å². The van der Waals surface area contributed by atoms with Crippen molar-refractivity contribution in [1.29, 1.82) is 0 Å². The van der Waals surface area contributed by atoms with E-state index in [9.17, 15) is 4.79 Å². The molecule has 2 unspecified atom stereocenters. The summed E-state index contributed by atoms with van der Waals surface area (Å²) >= 11 is 0. The van der Waals surface area contributed by atoms with Gasteiger partial charge in [-0.25, -0.2) is 0 Å². The number of carbonyl (C=O) groups excluding carboxylic acids is 1. The number of aryl methyl sites for hydroxylation is 1. The molecule has 1 aliphatic heterocycles. The Balaban J connectivity index is 2.19. The van der Waals surface area contributed by atoms with Crippen molar-refractivity contribution in [2.45, 2.75) is 52.1 Å². The molecule has 2 atom stereocenters. The summed E-state index contributed by atoms with van der Waals surface area (Å²) in [6, 6.07) is 2.29. The Bertz CT molecular complexity index is 376. The topological polar surface area (TPSA) is 46.3 Å². The lowest BCUT2D eigenvalue weighted by molar-refractivity contribution is 0.0469. The molecule has 1 aromatic rings. The average molecular weight is 222 g/mol. The Labute approximate surface area is 95.6 Å². The number of amides is 1. The number of rotatable bonds is 1. The van der Waals surface area contributed by atoms with Crippen molar-refractivity contribution < 1.29 is 9.32 Å². The summed E-state index contributed by atoms with van der Waals surface area (Å²) in [6.45, 7) is 6.01. The smallest absolute Gasteiger partial charge is 0.292 e. The molecule has 1 amide bonds. The molecule has 2 rings (SSSR count). The van der Waals surface area contributed by atoms with Crippen LogP contribution in [0.1, 0.15) is 49.4 Å². The largest absolute Gasteiger partial charge is 0.351 e. The van der Waals surface area contributed by atoms with Crippen molar-refractivity contribution in [3.63, 3.8) is 0 Å². The van der Waals surface area contributed by atoms with Gasteiger partial charge in [0.25, 0.3) is 5.91 Å². The number of hydrogen-bond donors (Lipinski definition) is 0. The van der Waals surface area contributed by atoms with Gasteiger partial charge in [-0.3, -0.25) is 4.79 Å². The first-order valence-electron chi connectivity index (χ1n) is 5.85. The van der Waals surface area contributed by atoms with Gasteiger partial charge in [0, 0.05) is 18.2 Å². The highest BCUT2D eigenvalue weighted by Gasteiger charge is 2.31. The molecular weight excluding hydrogens is 204 g/mol. The van der Waals surface area contributed by atoms with Crippen LogP contribution in [-0.2, 0) is 0 Å². The number of nitrogens with zero attached hydrogens (tertiary/aromatic N) is 2. The van der Waals surface area contributed by atoms with Gasteiger partial charge in [0.2, 0.25) is 5.76 Å². The van der Waals surface area contributed by atoms with E-state index in [1.54, 1.807) is 6.07 Å². The SMILES string of the molecule is Cc1cc(C(=O)N2C(C)CCCC2C)on1. The molecule has 1 aliphatic rings. The summed E-state index contributed by atoms with van der Waals surface area (Å²) in [5.41, 5.74) is 0.751. The van der Waals surface area contributed by atoms with Crippen LogP contribution in [0.4, 0.5) is 0 Å². The van der Waals surface area contributed by atoms with Gasteiger partial charge in [-0.1, -0.05) is 5.16 Å². The highest BCUT2D eigenvalue weighted by Crippen LogP contribution is 2.24. The fourth-order valence-corrected chi connectivity index (χ4v) is 2.41. The molecule has 16 heavy (non-hydrogen) atoms. The third kappa shape index (κ3) is 1.96. The van der Waals surface area contributed by atoms with E-state index in [0.717, 1.165) is 18.5 Å². The number of likely N-dealkylation sites (tertiary alicyclic amines) is 1. The first-order valence-corrected chi connectivity index (χ1v) is 5.85. The first-order chi connectivity index (χ1) is 7.59. The molecule has 0 aromatic carbocycles. The number of piperidine rings is 1. The van der Waals surface area contributed by atoms with E-state index in [-0.39, 0.29) is 5.91 Å². The number of hydrogen-bond acceptors (Lipinski definition) is 3. The summed E-state index contributed by atoms with van der Waals surface area (Å²) in [5.74, 6) is 0.332. The van der Waals surface area contributed by atoms with Crippen LogP contribution >= 0.6 is 0 Å². The molecule has 88 valence electrons. The molecule has 2 heterocycles. The van der Waals surface area contributed by atoms with E-state index in [1.807, 2.05) is 11.8 Å². The molecule has 0 saturated carbocycles. The van der Waals surface area contributed by atoms with E-state index < -0.39 is 0 Å². The number of carbonyl (C=O) groups is 1. The summed E-state index contributed by atoms with van der Waals surface area (Å²) < 4.78 is 5.03. The fourth-order valence-electron chi connectivity index (χ4n) is 2.41. The minimum Gasteiger partial charge on any atom is -0.351 e. The third-order valence-electron chi connectivity index (χ3n) is 3.27. The van der Waals surface area contributed by atoms with Crippen LogP contribution in [0.25, 0.3) is 0 Å². The maximum atomic E-state index is 12.2. The van der Waals surface area contributed by atoms with Gasteiger partial charge in [0.05, 0.1) is 5.69 Å². The third-order valence-corrected chi connectivity index (χ3v) is 3.27. The van der Waals surface area contributed by atoms with Gasteiger partial charge in [-0.2, -0.15) is 0 Å². The van der Waals surface area contributed by atoms with Gasteiger partial charge < -0.3 is 9.42 Å². The van der Waals surface area contributed by atoms with Crippen molar-refractivity contribution >= 4 is 5.91 Å². The Kier molecular flexibility index (Phi) is 2.99. The molecule has 4 nitrogen and oxygen atoms in total. The first kappa shape index (κ1) is 11.2. The second kappa shape index (κ2) is 4.28. The molecule has 0 bridgehead atoms. The standard InChI is InChI=1S/C12H18N2O2/c1-8-7-11(16-13-8)12(15)14-9(2)5-4-6-10(14)3/h7,9-10H,4-6H2,1-3H3. The monoisotopic (exact) mass is 222 g/mol. The Morgan fingerprint density at radius 1 is 1.44 bits per heavy atom. The zero-order valence-corrected chi connectivity index (χ0v) is 10.1. The second-order valence-electron chi connectivity index (χ2n) is 4.67. The maximum Gasteiger partial charge on any atom is 0.292 e. The van der Waals surface area contributed by atoms with Crippen LogP contribution in [0.3, 0.4) is 0 Å². The molecule has 0 aliphatic carbocycles. The Morgan fingerprint density at radius 3 is 2.56 bits per heavy atom. The Morgan fingerprint density at radius 2 is 2.06 bits per heavy atom. The minimum atomic E-state index is -0.0275. The predicted octanol–water partition coefficient (Wildman–Crippen LogP) is 2.39. The lowest BCUT2D eigenvalue weighted by Crippen LogP contribution is -2.47. The second-order valence-corrected chi connectivity index (χ2v) is 4.67. The number of aromatic nitrogens is 1. The molecule has 0 N–H and O–H groups in total. The van der Waals surface area contributed by atoms with Crippen LogP contribution < -0.4 is 0 Å². The van der Waals surface area contributed by atoms with Crippen molar-refractivity contribution in [3.8, 4) is 0 Å². The highest BCUT2D eigenvalue weighted by atomic mass is 16.5. The lowest BCUT2D eigenvalue weighted by atomic mass is 9.97. The van der Waals surface area contributed by atoms with E-state index in [1.165, 1.54) is 6.42 Å². The van der Waals surface area contributed by atoms with Crippen LogP contribution in [0.5, 0.6) is 0 Å². The fraction of sp³-hybridized carbons (Fsp3) is 0.667. The lowest BCUT2D eigenvalue weighted by Gasteiger charge is -2.38. The zero-order valence-electron chi connectivity index (χ0n) is 10.1. The summed E-state index contributed by atoms with van der Waals surface area (Å²) in [6.07, 6.45) is 3.34. The van der Waals surface area contributed by atoms with Gasteiger partial charge in [-0.05, 0) is 40.0 Å². The van der Waals surface area contributed by atoms with Crippen molar-refractivity contribution in [2.24, 2.45) is 0 Å². The quantitative estimate of drug-likeness (QED) is 0.733. The van der Waals surface area contributed by atoms with Crippen LogP contribution in [-0.4, -0.2) is 28.0 Å². The van der Waals surface area contributed by atoms with Crippen molar-refractivity contribution in [3.05, 3.63) is 17.5 Å². The maximum absolute atomic E-state index is 12.2. The van der Waals surface area contributed by atoms with Crippen LogP contribution in [0, 0.1) is 6.92 Å². The molecule has 1 fully saturated rings. The highest BCUT2D eigenvalue weighted by molar-refractivity contribution is 5.92. The summed E-state index contributed by atoms with van der Waals surface area (Å²) in [5, 5.41) is 3.76. The minimum absolute atomic E-state index is 0.0275. The van der Waals surface area contributed by atoms with Crippen LogP contribution in [0.2, 0.25) is 0 Å². The molecule has 4 heteroatoms. The summed E-state index contributed by atoms with van der Waals surface area (Å²) in [4.78, 5) is 14.1. The zero-order chi connectivity index (χ0) is 11.7. The predicted molar refractivity (Wildman–Crippen MR) is 60.2 cm³/mol. The molecule has 1 aromatic heterocycles. The van der Waals surface area contributed by atoms with E-state index in [0.29, 0.717) is 17.8 Å². The van der Waals surface area contributed by atoms with E-state index in [4.69, 9.17) is 4.52 Å². The van der Waals surface area contributed by atoms with Gasteiger partial charge in [0.15, 0.2) is 0 Å². The summed E-state index contributed by atoms with van der Waals surface area (Å²) in [7, 11) is 0. The van der Waals surface area contributed by atoms with Gasteiger partial charge in [0.1, 0.15) is 0 Å². The van der Waals surface area contributed by atoms with E-state index >= 15 is 0 Å². The molecular formula is C12H18N2O2. The van der Waals surface area contributed by atoms with Gasteiger partial charge >= 0.3 is 0 Å².